The number of benzene rings is 2. The van der Waals surface area contributed by atoms with Crippen LogP contribution in [0.15, 0.2) is 54.6 Å². The monoisotopic (exact) mass is 296 g/mol. The predicted octanol–water partition coefficient (Wildman–Crippen LogP) is 4.98. The first-order valence-electron chi connectivity index (χ1n) is 7.91. The van der Waals surface area contributed by atoms with E-state index in [-0.39, 0.29) is 5.92 Å². The fourth-order valence-electron chi connectivity index (χ4n) is 2.67. The van der Waals surface area contributed by atoms with Gasteiger partial charge in [-0.15, -0.1) is 0 Å². The molecule has 2 nitrogen and oxygen atoms in total. The summed E-state index contributed by atoms with van der Waals surface area (Å²) in [6, 6.07) is 18.0. The molecule has 1 atom stereocenters. The van der Waals surface area contributed by atoms with Gasteiger partial charge >= 0.3 is 0 Å². The molecule has 0 fully saturated rings. The fraction of sp³-hybridized carbons (Fsp3) is 0.350. The molecule has 2 heteroatoms. The molecule has 0 saturated heterocycles. The number of carbonyl (C=O) groups excluding carboxylic acids is 1. The Labute approximate surface area is 133 Å². The Hall–Kier alpha value is -2.09. The summed E-state index contributed by atoms with van der Waals surface area (Å²) >= 11 is 0. The van der Waals surface area contributed by atoms with Crippen molar-refractivity contribution in [1.29, 1.82) is 0 Å². The molecule has 116 valence electrons. The Balaban J connectivity index is 2.04. The molecule has 0 aliphatic heterocycles. The zero-order valence-electron chi connectivity index (χ0n) is 13.6. The number of rotatable bonds is 7. The van der Waals surface area contributed by atoms with Crippen LogP contribution in [0, 0.1) is 5.92 Å². The molecular formula is C20H24O2. The van der Waals surface area contributed by atoms with E-state index in [4.69, 9.17) is 4.74 Å². The van der Waals surface area contributed by atoms with Gasteiger partial charge in [0.15, 0.2) is 0 Å². The van der Waals surface area contributed by atoms with Gasteiger partial charge in [0.1, 0.15) is 18.1 Å². The van der Waals surface area contributed by atoms with Crippen LogP contribution in [0.2, 0.25) is 0 Å². The van der Waals surface area contributed by atoms with Crippen molar-refractivity contribution in [3.8, 4) is 5.75 Å². The van der Waals surface area contributed by atoms with Gasteiger partial charge in [-0.25, -0.2) is 0 Å². The summed E-state index contributed by atoms with van der Waals surface area (Å²) in [5.74, 6) is 1.42. The van der Waals surface area contributed by atoms with Crippen LogP contribution in [0.1, 0.15) is 44.2 Å². The van der Waals surface area contributed by atoms with Crippen LogP contribution in [0.5, 0.6) is 5.75 Å². The van der Waals surface area contributed by atoms with Crippen LogP contribution in [0.25, 0.3) is 0 Å². The summed E-state index contributed by atoms with van der Waals surface area (Å²) in [5.41, 5.74) is 2.22. The lowest BCUT2D eigenvalue weighted by molar-refractivity contribution is -0.121. The minimum atomic E-state index is -0.0202. The maximum Gasteiger partial charge on any atom is 0.140 e. The number of ether oxygens (including phenoxy) is 1. The summed E-state index contributed by atoms with van der Waals surface area (Å²) in [5, 5.41) is 0. The Kier molecular flexibility index (Phi) is 5.76. The topological polar surface area (TPSA) is 26.3 Å². The Morgan fingerprint density at radius 2 is 1.64 bits per heavy atom. The first kappa shape index (κ1) is 16.3. The molecule has 0 aliphatic rings. The molecule has 0 aliphatic carbocycles. The minimum absolute atomic E-state index is 0.0202. The number of carbonyl (C=O) groups is 1. The Bertz CT molecular complexity index is 585. The Morgan fingerprint density at radius 3 is 2.18 bits per heavy atom. The first-order valence-corrected chi connectivity index (χ1v) is 7.91. The van der Waals surface area contributed by atoms with E-state index in [2.05, 4.69) is 13.8 Å². The zero-order chi connectivity index (χ0) is 15.9. The van der Waals surface area contributed by atoms with Gasteiger partial charge in [0, 0.05) is 12.3 Å². The highest BCUT2D eigenvalue weighted by molar-refractivity contribution is 5.85. The largest absolute Gasteiger partial charge is 0.489 e. The average molecular weight is 296 g/mol. The molecule has 0 aromatic heterocycles. The van der Waals surface area contributed by atoms with Crippen molar-refractivity contribution in [2.24, 2.45) is 5.92 Å². The summed E-state index contributed by atoms with van der Waals surface area (Å²) < 4.78 is 5.79. The van der Waals surface area contributed by atoms with Crippen molar-refractivity contribution >= 4 is 5.78 Å². The molecule has 2 rings (SSSR count). The van der Waals surface area contributed by atoms with Gasteiger partial charge in [0.05, 0.1) is 0 Å². The van der Waals surface area contributed by atoms with Crippen LogP contribution in [-0.2, 0) is 11.4 Å². The second kappa shape index (κ2) is 7.79. The van der Waals surface area contributed by atoms with Gasteiger partial charge in [-0.3, -0.25) is 4.79 Å². The molecule has 0 radical (unpaired) electrons. The van der Waals surface area contributed by atoms with Gasteiger partial charge in [0.25, 0.3) is 0 Å². The fourth-order valence-corrected chi connectivity index (χ4v) is 2.67. The molecule has 1 unspecified atom stereocenters. The summed E-state index contributed by atoms with van der Waals surface area (Å²) in [7, 11) is 0. The first-order chi connectivity index (χ1) is 10.6. The highest BCUT2D eigenvalue weighted by Crippen LogP contribution is 2.28. The lowest BCUT2D eigenvalue weighted by Gasteiger charge is -2.19. The SMILES string of the molecule is CCC(=O)C(c1ccc(OCc2ccccc2)cc1)C(C)C. The second-order valence-electron chi connectivity index (χ2n) is 5.88. The molecule has 0 saturated carbocycles. The van der Waals surface area contributed by atoms with Crippen LogP contribution in [0.3, 0.4) is 0 Å². The van der Waals surface area contributed by atoms with Gasteiger partial charge in [0.2, 0.25) is 0 Å². The molecule has 22 heavy (non-hydrogen) atoms. The molecule has 0 N–H and O–H groups in total. The van der Waals surface area contributed by atoms with E-state index in [1.165, 1.54) is 0 Å². The predicted molar refractivity (Wildman–Crippen MR) is 90.1 cm³/mol. The van der Waals surface area contributed by atoms with Crippen LogP contribution in [0.4, 0.5) is 0 Å². The minimum Gasteiger partial charge on any atom is -0.489 e. The number of hydrogen-bond donors (Lipinski definition) is 0. The molecule has 2 aromatic carbocycles. The summed E-state index contributed by atoms with van der Waals surface area (Å²) in [6.45, 7) is 6.67. The number of hydrogen-bond acceptors (Lipinski definition) is 2. The Morgan fingerprint density at radius 1 is 1.00 bits per heavy atom. The van der Waals surface area contributed by atoms with E-state index in [0.29, 0.717) is 24.7 Å². The maximum atomic E-state index is 12.1. The number of Topliss-reactive ketones (excluding diaryl/α,β-unsaturated/α-hetero) is 1. The molecule has 0 heterocycles. The number of ketones is 1. The molecule has 0 spiro atoms. The average Bonchev–Trinajstić information content (AvgIpc) is 2.54. The third kappa shape index (κ3) is 4.20. The third-order valence-electron chi connectivity index (χ3n) is 3.85. The van der Waals surface area contributed by atoms with E-state index in [0.717, 1.165) is 16.9 Å². The molecule has 0 bridgehead atoms. The molecular weight excluding hydrogens is 272 g/mol. The second-order valence-corrected chi connectivity index (χ2v) is 5.88. The van der Waals surface area contributed by atoms with Crippen molar-refractivity contribution in [2.75, 3.05) is 0 Å². The quantitative estimate of drug-likeness (QED) is 0.720. The van der Waals surface area contributed by atoms with Crippen LogP contribution in [-0.4, -0.2) is 5.78 Å². The van der Waals surface area contributed by atoms with Gasteiger partial charge in [-0.1, -0.05) is 63.2 Å². The highest BCUT2D eigenvalue weighted by atomic mass is 16.5. The lowest BCUT2D eigenvalue weighted by Crippen LogP contribution is -2.17. The van der Waals surface area contributed by atoms with Crippen molar-refractivity contribution in [3.05, 3.63) is 65.7 Å². The normalized spacial score (nSPS) is 12.2. The highest BCUT2D eigenvalue weighted by Gasteiger charge is 2.22. The van der Waals surface area contributed by atoms with Gasteiger partial charge in [-0.05, 0) is 29.2 Å². The van der Waals surface area contributed by atoms with Gasteiger partial charge in [-0.2, -0.15) is 0 Å². The van der Waals surface area contributed by atoms with E-state index in [9.17, 15) is 4.79 Å². The van der Waals surface area contributed by atoms with Crippen molar-refractivity contribution in [3.63, 3.8) is 0 Å². The third-order valence-corrected chi connectivity index (χ3v) is 3.85. The summed E-state index contributed by atoms with van der Waals surface area (Å²) in [4.78, 5) is 12.1. The van der Waals surface area contributed by atoms with E-state index < -0.39 is 0 Å². The van der Waals surface area contributed by atoms with Crippen LogP contribution >= 0.6 is 0 Å². The zero-order valence-corrected chi connectivity index (χ0v) is 13.6. The standard InChI is InChI=1S/C20H24O2/c1-4-19(21)20(15(2)3)17-10-12-18(13-11-17)22-14-16-8-6-5-7-9-16/h5-13,15,20H,4,14H2,1-3H3. The molecule has 2 aromatic rings. The van der Waals surface area contributed by atoms with Gasteiger partial charge < -0.3 is 4.74 Å². The maximum absolute atomic E-state index is 12.1. The van der Waals surface area contributed by atoms with Crippen LogP contribution < -0.4 is 4.74 Å². The summed E-state index contributed by atoms with van der Waals surface area (Å²) in [6.07, 6.45) is 0.578. The van der Waals surface area contributed by atoms with Crippen molar-refractivity contribution < 1.29 is 9.53 Å². The van der Waals surface area contributed by atoms with E-state index in [1.807, 2.05) is 61.5 Å². The van der Waals surface area contributed by atoms with Crippen molar-refractivity contribution in [1.82, 2.24) is 0 Å². The lowest BCUT2D eigenvalue weighted by atomic mass is 9.84. The van der Waals surface area contributed by atoms with E-state index in [1.54, 1.807) is 0 Å². The smallest absolute Gasteiger partial charge is 0.140 e. The van der Waals surface area contributed by atoms with Crippen molar-refractivity contribution in [2.45, 2.75) is 39.7 Å². The van der Waals surface area contributed by atoms with E-state index >= 15 is 0 Å². The molecule has 0 amide bonds.